The van der Waals surface area contributed by atoms with Crippen LogP contribution in [0.4, 0.5) is 0 Å². The standard InChI is InChI=1S/C16H27N2Si.CH3.2ClH.Ti/c1-13-12-14-6-4-5-7-15(14)16(13)19(2,3)18-10-8-17-9-11-18;;;;/h4-7,13-16H,8-12H2,1-3H3;1H3;2*1H;/q2*-1;;;+2/p-2. The van der Waals surface area contributed by atoms with Crippen LogP contribution in [-0.4, -0.2) is 39.0 Å². The zero-order valence-electron chi connectivity index (χ0n) is 14.8. The van der Waals surface area contributed by atoms with Crippen LogP contribution in [0.3, 0.4) is 0 Å². The van der Waals surface area contributed by atoms with Crippen LogP contribution in [0.15, 0.2) is 24.3 Å². The summed E-state index contributed by atoms with van der Waals surface area (Å²) in [6, 6.07) is 0. The maximum absolute atomic E-state index is 4.89. The van der Waals surface area contributed by atoms with Crippen LogP contribution in [-0.2, 0) is 17.0 Å². The monoisotopic (exact) mass is 408 g/mol. The third kappa shape index (κ3) is 5.20. The summed E-state index contributed by atoms with van der Waals surface area (Å²) >= 11 is -0.556. The molecule has 0 aromatic carbocycles. The van der Waals surface area contributed by atoms with Crippen LogP contribution < -0.4 is 0 Å². The number of piperazine rings is 1. The Morgan fingerprint density at radius 2 is 1.70 bits per heavy atom. The third-order valence-corrected chi connectivity index (χ3v) is 10.3. The fourth-order valence-corrected chi connectivity index (χ4v) is 9.41. The molecule has 1 aliphatic heterocycles. The van der Waals surface area contributed by atoms with Crippen molar-refractivity contribution in [2.45, 2.75) is 32.0 Å². The number of allylic oxidation sites excluding steroid dienone is 4. The number of fused-ring (bicyclic) bond motifs is 1. The van der Waals surface area contributed by atoms with Crippen molar-refractivity contribution >= 4 is 26.8 Å². The Kier molecular flexibility index (Phi) is 9.69. The molecule has 0 spiro atoms. The Bertz CT molecular complexity index is 411. The predicted molar refractivity (Wildman–Crippen MR) is 103 cm³/mol. The molecule has 0 aromatic rings. The van der Waals surface area contributed by atoms with Gasteiger partial charge in [-0.1, -0.05) is 44.3 Å². The Labute approximate surface area is 160 Å². The molecule has 2 fully saturated rings. The zero-order valence-corrected chi connectivity index (χ0v) is 18.9. The van der Waals surface area contributed by atoms with E-state index in [-0.39, 0.29) is 7.43 Å². The molecule has 0 amide bonds. The minimum absolute atomic E-state index is 0. The van der Waals surface area contributed by atoms with E-state index in [4.69, 9.17) is 18.6 Å². The quantitative estimate of drug-likeness (QED) is 0.436. The number of halogens is 2. The molecule has 4 unspecified atom stereocenters. The van der Waals surface area contributed by atoms with Crippen molar-refractivity contribution in [1.82, 2.24) is 4.57 Å². The SMILES string of the molecule is CC1CC2C=CC=CC2C1[Si](C)(C)N1CC[N-]CC1.[CH3-].[Cl][Ti][Cl]. The molecule has 0 radical (unpaired) electrons. The number of nitrogens with zero attached hydrogens (tertiary/aromatic N) is 2. The summed E-state index contributed by atoms with van der Waals surface area (Å²) in [5, 5.41) is 4.52. The molecule has 0 bridgehead atoms. The zero-order chi connectivity index (χ0) is 16.2. The number of hydrogen-bond acceptors (Lipinski definition) is 1. The van der Waals surface area contributed by atoms with Crippen molar-refractivity contribution in [3.8, 4) is 0 Å². The van der Waals surface area contributed by atoms with Gasteiger partial charge < -0.3 is 17.3 Å². The van der Waals surface area contributed by atoms with Crippen molar-refractivity contribution in [3.05, 3.63) is 37.0 Å². The minimum atomic E-state index is -1.35. The molecule has 3 aliphatic rings. The second-order valence-corrected chi connectivity index (χ2v) is 14.3. The number of hydrogen-bond donors (Lipinski definition) is 0. The van der Waals surface area contributed by atoms with E-state index in [9.17, 15) is 0 Å². The summed E-state index contributed by atoms with van der Waals surface area (Å²) in [5.41, 5.74) is 0.914. The predicted octanol–water partition coefficient (Wildman–Crippen LogP) is 5.48. The Morgan fingerprint density at radius 1 is 1.13 bits per heavy atom. The molecule has 4 atom stereocenters. The van der Waals surface area contributed by atoms with E-state index in [1.807, 2.05) is 0 Å². The first kappa shape index (κ1) is 22.0. The molecule has 6 heteroatoms. The second-order valence-electron chi connectivity index (χ2n) is 7.13. The van der Waals surface area contributed by atoms with E-state index in [2.05, 4.69) is 54.2 Å². The van der Waals surface area contributed by atoms with Crippen molar-refractivity contribution in [1.29, 1.82) is 0 Å². The van der Waals surface area contributed by atoms with Crippen LogP contribution >= 0.6 is 18.6 Å². The van der Waals surface area contributed by atoms with Gasteiger partial charge in [0.1, 0.15) is 8.24 Å². The van der Waals surface area contributed by atoms with Gasteiger partial charge in [-0.2, -0.15) is 0 Å². The van der Waals surface area contributed by atoms with Crippen molar-refractivity contribution in [2.75, 3.05) is 26.2 Å². The van der Waals surface area contributed by atoms with Crippen molar-refractivity contribution < 1.29 is 17.0 Å². The van der Waals surface area contributed by atoms with Gasteiger partial charge in [-0.15, -0.1) is 13.1 Å². The van der Waals surface area contributed by atoms with E-state index < -0.39 is 25.3 Å². The van der Waals surface area contributed by atoms with Crippen LogP contribution in [0, 0.1) is 25.2 Å². The molecule has 3 rings (SSSR count). The third-order valence-electron chi connectivity index (χ3n) is 5.66. The Hall–Kier alpha value is 0.911. The van der Waals surface area contributed by atoms with Crippen molar-refractivity contribution in [2.24, 2.45) is 17.8 Å². The van der Waals surface area contributed by atoms with E-state index >= 15 is 0 Å². The fourth-order valence-electron chi connectivity index (χ4n) is 4.81. The molecule has 1 saturated carbocycles. The molecular formula is C17H30Cl2N2SiTi-2. The van der Waals surface area contributed by atoms with Gasteiger partial charge in [-0.25, -0.2) is 0 Å². The second kappa shape index (κ2) is 10.2. The molecule has 0 N–H and O–H groups in total. The van der Waals surface area contributed by atoms with Crippen LogP contribution in [0.1, 0.15) is 13.3 Å². The molecule has 0 aromatic heterocycles. The Morgan fingerprint density at radius 3 is 2.30 bits per heavy atom. The van der Waals surface area contributed by atoms with Crippen molar-refractivity contribution in [3.63, 3.8) is 0 Å². The van der Waals surface area contributed by atoms with Crippen LogP contribution in [0.2, 0.25) is 18.6 Å². The molecule has 132 valence electrons. The molecule has 1 heterocycles. The summed E-state index contributed by atoms with van der Waals surface area (Å²) < 4.78 is 2.83. The van der Waals surface area contributed by atoms with Gasteiger partial charge in [0.05, 0.1) is 0 Å². The number of rotatable bonds is 2. The molecule has 23 heavy (non-hydrogen) atoms. The van der Waals surface area contributed by atoms with Gasteiger partial charge >= 0.3 is 35.6 Å². The van der Waals surface area contributed by atoms with E-state index in [0.717, 1.165) is 36.4 Å². The first-order valence-electron chi connectivity index (χ1n) is 8.22. The molecular weight excluding hydrogens is 379 g/mol. The Balaban J connectivity index is 0.000000615. The molecule has 2 aliphatic carbocycles. The van der Waals surface area contributed by atoms with E-state index in [0.29, 0.717) is 0 Å². The average Bonchev–Trinajstić information content (AvgIpc) is 2.85. The van der Waals surface area contributed by atoms with Crippen LogP contribution in [0.5, 0.6) is 0 Å². The summed E-state index contributed by atoms with van der Waals surface area (Å²) in [6.07, 6.45) is 10.9. The summed E-state index contributed by atoms with van der Waals surface area (Å²) in [4.78, 5) is 0. The summed E-state index contributed by atoms with van der Waals surface area (Å²) in [5.74, 6) is 2.50. The molecule has 2 nitrogen and oxygen atoms in total. The van der Waals surface area contributed by atoms with Gasteiger partial charge in [0.25, 0.3) is 0 Å². The van der Waals surface area contributed by atoms with Gasteiger partial charge in [-0.05, 0) is 42.8 Å². The van der Waals surface area contributed by atoms with Gasteiger partial charge in [0, 0.05) is 0 Å². The summed E-state index contributed by atoms with van der Waals surface area (Å²) in [6.45, 7) is 12.2. The fraction of sp³-hybridized carbons (Fsp3) is 0.706. The van der Waals surface area contributed by atoms with Gasteiger partial charge in [0.2, 0.25) is 0 Å². The first-order valence-corrected chi connectivity index (χ1v) is 15.5. The average molecular weight is 409 g/mol. The van der Waals surface area contributed by atoms with Crippen LogP contribution in [0.25, 0.3) is 5.32 Å². The summed E-state index contributed by atoms with van der Waals surface area (Å²) in [7, 11) is 8.43. The topological polar surface area (TPSA) is 17.3 Å². The van der Waals surface area contributed by atoms with Gasteiger partial charge in [-0.3, -0.25) is 0 Å². The normalized spacial score (nSPS) is 33.3. The van der Waals surface area contributed by atoms with Gasteiger partial charge in [0.15, 0.2) is 0 Å². The molecule has 1 saturated heterocycles. The first-order chi connectivity index (χ1) is 10.5. The van der Waals surface area contributed by atoms with E-state index in [1.165, 1.54) is 19.5 Å². The van der Waals surface area contributed by atoms with E-state index in [1.54, 1.807) is 0 Å². The maximum atomic E-state index is 4.89.